The van der Waals surface area contributed by atoms with Crippen molar-refractivity contribution in [3.63, 3.8) is 0 Å². The molecular formula is C23H20F3N3O2. The van der Waals surface area contributed by atoms with Crippen molar-refractivity contribution in [1.82, 2.24) is 15.1 Å². The van der Waals surface area contributed by atoms with Crippen LogP contribution < -0.4 is 10.1 Å². The summed E-state index contributed by atoms with van der Waals surface area (Å²) in [4.78, 5) is 12.5. The minimum Gasteiger partial charge on any atom is -0.481 e. The van der Waals surface area contributed by atoms with Crippen molar-refractivity contribution in [3.05, 3.63) is 77.1 Å². The van der Waals surface area contributed by atoms with Gasteiger partial charge in [0.1, 0.15) is 12.4 Å². The summed E-state index contributed by atoms with van der Waals surface area (Å²) in [7, 11) is 0. The number of nitrogens with zero attached hydrogens (tertiary/aromatic N) is 2. The lowest BCUT2D eigenvalue weighted by molar-refractivity contribution is -0.137. The summed E-state index contributed by atoms with van der Waals surface area (Å²) in [6.45, 7) is 2.22. The van der Waals surface area contributed by atoms with E-state index >= 15 is 0 Å². The molecule has 0 spiro atoms. The van der Waals surface area contributed by atoms with Gasteiger partial charge in [0.2, 0.25) is 0 Å². The number of carbonyl (C=O) groups excluding carboxylic acids is 1. The van der Waals surface area contributed by atoms with E-state index in [0.29, 0.717) is 30.0 Å². The summed E-state index contributed by atoms with van der Waals surface area (Å²) >= 11 is 0. The Kier molecular flexibility index (Phi) is 6.65. The first-order valence-electron chi connectivity index (χ1n) is 9.45. The number of hydrogen-bond acceptors (Lipinski definition) is 3. The molecule has 31 heavy (non-hydrogen) atoms. The van der Waals surface area contributed by atoms with Crippen LogP contribution in [0.4, 0.5) is 13.2 Å². The number of amides is 1. The molecule has 0 aliphatic rings. The van der Waals surface area contributed by atoms with Gasteiger partial charge in [-0.15, -0.1) is 6.42 Å². The number of halogens is 3. The average Bonchev–Trinajstić information content (AvgIpc) is 3.14. The molecule has 1 aromatic heterocycles. The van der Waals surface area contributed by atoms with Crippen LogP contribution in [-0.2, 0) is 12.6 Å². The maximum atomic E-state index is 13.0. The Hall–Kier alpha value is -3.73. The topological polar surface area (TPSA) is 56.1 Å². The van der Waals surface area contributed by atoms with Crippen LogP contribution in [0.5, 0.6) is 5.75 Å². The monoisotopic (exact) mass is 427 g/mol. The second-order valence-corrected chi connectivity index (χ2v) is 6.75. The fourth-order valence-corrected chi connectivity index (χ4v) is 3.00. The SMILES string of the molecule is C#CCOc1ccc(CCNC(=O)c2cnn(-c3cccc(C(F)(F)F)c3)c2C)cc1. The lowest BCUT2D eigenvalue weighted by Gasteiger charge is -2.10. The van der Waals surface area contributed by atoms with Gasteiger partial charge in [-0.2, -0.15) is 18.3 Å². The lowest BCUT2D eigenvalue weighted by Crippen LogP contribution is -2.26. The normalized spacial score (nSPS) is 11.1. The molecule has 0 radical (unpaired) electrons. The highest BCUT2D eigenvalue weighted by Crippen LogP contribution is 2.30. The Bertz CT molecular complexity index is 1100. The zero-order valence-electron chi connectivity index (χ0n) is 16.7. The van der Waals surface area contributed by atoms with Gasteiger partial charge in [-0.1, -0.05) is 24.1 Å². The smallest absolute Gasteiger partial charge is 0.416 e. The largest absolute Gasteiger partial charge is 0.481 e. The van der Waals surface area contributed by atoms with Crippen LogP contribution >= 0.6 is 0 Å². The Morgan fingerprint density at radius 3 is 2.65 bits per heavy atom. The van der Waals surface area contributed by atoms with Crippen molar-refractivity contribution in [2.45, 2.75) is 19.5 Å². The number of carbonyl (C=O) groups is 1. The van der Waals surface area contributed by atoms with Gasteiger partial charge < -0.3 is 10.1 Å². The van der Waals surface area contributed by atoms with Crippen LogP contribution in [0, 0.1) is 19.3 Å². The molecule has 0 unspecified atom stereocenters. The molecule has 0 fully saturated rings. The van der Waals surface area contributed by atoms with E-state index in [4.69, 9.17) is 11.2 Å². The Morgan fingerprint density at radius 2 is 1.97 bits per heavy atom. The van der Waals surface area contributed by atoms with Gasteiger partial charge in [-0.25, -0.2) is 4.68 Å². The highest BCUT2D eigenvalue weighted by atomic mass is 19.4. The molecule has 0 aliphatic heterocycles. The Balaban J connectivity index is 1.62. The highest BCUT2D eigenvalue weighted by molar-refractivity contribution is 5.95. The number of benzene rings is 2. The third-order valence-electron chi connectivity index (χ3n) is 4.62. The summed E-state index contributed by atoms with van der Waals surface area (Å²) in [6, 6.07) is 12.2. The van der Waals surface area contributed by atoms with Crippen molar-refractivity contribution >= 4 is 5.91 Å². The number of ether oxygens (including phenoxy) is 1. The summed E-state index contributed by atoms with van der Waals surface area (Å²) in [5.74, 6) is 2.72. The minimum atomic E-state index is -4.46. The van der Waals surface area contributed by atoms with E-state index in [0.717, 1.165) is 17.7 Å². The molecule has 3 rings (SSSR count). The van der Waals surface area contributed by atoms with Crippen molar-refractivity contribution in [2.75, 3.05) is 13.2 Å². The number of rotatable bonds is 7. The van der Waals surface area contributed by atoms with E-state index in [9.17, 15) is 18.0 Å². The second kappa shape index (κ2) is 9.39. The van der Waals surface area contributed by atoms with Gasteiger partial charge in [0.15, 0.2) is 0 Å². The molecule has 0 atom stereocenters. The van der Waals surface area contributed by atoms with Crippen molar-refractivity contribution in [1.29, 1.82) is 0 Å². The maximum Gasteiger partial charge on any atom is 0.416 e. The standard InChI is InChI=1S/C23H20F3N3O2/c1-3-13-31-20-9-7-17(8-10-20)11-12-27-22(30)21-15-28-29(16(21)2)19-6-4-5-18(14-19)23(24,25)26/h1,4-10,14-15H,11-13H2,2H3,(H,27,30). The first kappa shape index (κ1) is 22.0. The van der Waals surface area contributed by atoms with Crippen LogP contribution in [0.2, 0.25) is 0 Å². The van der Waals surface area contributed by atoms with Gasteiger partial charge in [-0.05, 0) is 49.2 Å². The van der Waals surface area contributed by atoms with E-state index in [2.05, 4.69) is 16.3 Å². The minimum absolute atomic E-state index is 0.197. The Labute approximate surface area is 177 Å². The molecule has 0 aliphatic carbocycles. The zero-order valence-corrected chi connectivity index (χ0v) is 16.7. The molecular weight excluding hydrogens is 407 g/mol. The lowest BCUT2D eigenvalue weighted by atomic mass is 10.1. The average molecular weight is 427 g/mol. The van der Waals surface area contributed by atoms with Gasteiger partial charge in [0, 0.05) is 6.54 Å². The zero-order chi connectivity index (χ0) is 22.4. The van der Waals surface area contributed by atoms with Gasteiger partial charge in [0.25, 0.3) is 5.91 Å². The number of nitrogens with one attached hydrogen (secondary N) is 1. The fraction of sp³-hybridized carbons (Fsp3) is 0.217. The number of hydrogen-bond donors (Lipinski definition) is 1. The van der Waals surface area contributed by atoms with Gasteiger partial charge in [-0.3, -0.25) is 4.79 Å². The molecule has 0 saturated heterocycles. The van der Waals surface area contributed by atoms with E-state index in [1.807, 2.05) is 12.1 Å². The summed E-state index contributed by atoms with van der Waals surface area (Å²) in [5.41, 5.74) is 1.21. The summed E-state index contributed by atoms with van der Waals surface area (Å²) in [5, 5.41) is 6.90. The molecule has 1 amide bonds. The predicted molar refractivity (Wildman–Crippen MR) is 110 cm³/mol. The molecule has 160 valence electrons. The summed E-state index contributed by atoms with van der Waals surface area (Å²) in [6.07, 6.45) is 2.64. The molecule has 0 bridgehead atoms. The third kappa shape index (κ3) is 5.45. The number of alkyl halides is 3. The van der Waals surface area contributed by atoms with E-state index < -0.39 is 11.7 Å². The molecule has 1 heterocycles. The maximum absolute atomic E-state index is 13.0. The van der Waals surface area contributed by atoms with E-state index in [1.165, 1.54) is 23.0 Å². The Morgan fingerprint density at radius 1 is 1.23 bits per heavy atom. The second-order valence-electron chi connectivity index (χ2n) is 6.75. The number of terminal acetylenes is 1. The van der Waals surface area contributed by atoms with Crippen LogP contribution in [0.1, 0.15) is 27.2 Å². The molecule has 3 aromatic rings. The quantitative estimate of drug-likeness (QED) is 0.576. The molecule has 2 aromatic carbocycles. The van der Waals surface area contributed by atoms with Gasteiger partial charge in [0.05, 0.1) is 28.7 Å². The summed E-state index contributed by atoms with van der Waals surface area (Å²) < 4.78 is 45.5. The van der Waals surface area contributed by atoms with Crippen molar-refractivity contribution in [3.8, 4) is 23.8 Å². The first-order chi connectivity index (χ1) is 14.8. The first-order valence-corrected chi connectivity index (χ1v) is 9.45. The predicted octanol–water partition coefficient (Wildman–Crippen LogP) is 4.18. The van der Waals surface area contributed by atoms with E-state index in [1.54, 1.807) is 19.1 Å². The van der Waals surface area contributed by atoms with Crippen LogP contribution in [0.25, 0.3) is 5.69 Å². The van der Waals surface area contributed by atoms with Crippen LogP contribution in [0.3, 0.4) is 0 Å². The van der Waals surface area contributed by atoms with Crippen molar-refractivity contribution < 1.29 is 22.7 Å². The highest BCUT2D eigenvalue weighted by Gasteiger charge is 2.30. The van der Waals surface area contributed by atoms with E-state index in [-0.39, 0.29) is 18.2 Å². The fourth-order valence-electron chi connectivity index (χ4n) is 3.00. The molecule has 0 saturated carbocycles. The van der Waals surface area contributed by atoms with Crippen LogP contribution in [0.15, 0.2) is 54.7 Å². The molecule has 1 N–H and O–H groups in total. The van der Waals surface area contributed by atoms with Gasteiger partial charge >= 0.3 is 6.18 Å². The molecule has 5 nitrogen and oxygen atoms in total. The number of aromatic nitrogens is 2. The van der Waals surface area contributed by atoms with Crippen LogP contribution in [-0.4, -0.2) is 28.8 Å². The van der Waals surface area contributed by atoms with Crippen molar-refractivity contribution in [2.24, 2.45) is 0 Å². The third-order valence-corrected chi connectivity index (χ3v) is 4.62. The molecule has 8 heteroatoms.